The van der Waals surface area contributed by atoms with Crippen LogP contribution in [0.4, 0.5) is 0 Å². The molecule has 0 spiro atoms. The van der Waals surface area contributed by atoms with Crippen molar-refractivity contribution in [2.45, 2.75) is 25.2 Å². The van der Waals surface area contributed by atoms with Gasteiger partial charge in [0.05, 0.1) is 5.41 Å². The molecule has 2 heterocycles. The maximum atomic E-state index is 11.5. The molecular weight excluding hydrogens is 212 g/mol. The van der Waals surface area contributed by atoms with Gasteiger partial charge in [0.15, 0.2) is 0 Å². The summed E-state index contributed by atoms with van der Waals surface area (Å²) in [4.78, 5) is 11.5. The zero-order valence-electron chi connectivity index (χ0n) is 8.66. The van der Waals surface area contributed by atoms with E-state index in [0.29, 0.717) is 26.1 Å². The average Bonchev–Trinajstić information content (AvgIpc) is 2.66. The summed E-state index contributed by atoms with van der Waals surface area (Å²) in [6.07, 6.45) is 1.17. The van der Waals surface area contributed by atoms with Crippen LogP contribution in [0.2, 0.25) is 0 Å². The standard InChI is InChI=1S/C11H14O3S/c1-8-6-15-7-9(8)11(10(12)13)2-4-14-5-3-11/h6-7H,2-5H2,1H3,(H,12,13). The van der Waals surface area contributed by atoms with Crippen molar-refractivity contribution in [1.29, 1.82) is 0 Å². The lowest BCUT2D eigenvalue weighted by Crippen LogP contribution is -2.41. The number of carboxylic acids is 1. The van der Waals surface area contributed by atoms with E-state index in [0.717, 1.165) is 11.1 Å². The summed E-state index contributed by atoms with van der Waals surface area (Å²) >= 11 is 1.57. The molecule has 1 aromatic rings. The van der Waals surface area contributed by atoms with Crippen molar-refractivity contribution in [2.24, 2.45) is 0 Å². The van der Waals surface area contributed by atoms with Crippen LogP contribution in [-0.2, 0) is 14.9 Å². The van der Waals surface area contributed by atoms with Crippen LogP contribution in [0.5, 0.6) is 0 Å². The highest BCUT2D eigenvalue weighted by Crippen LogP contribution is 2.38. The lowest BCUT2D eigenvalue weighted by molar-refractivity contribution is -0.147. The Balaban J connectivity index is 2.42. The van der Waals surface area contributed by atoms with Crippen molar-refractivity contribution in [3.05, 3.63) is 21.9 Å². The SMILES string of the molecule is Cc1cscc1C1(C(=O)O)CCOCC1. The molecule has 0 aromatic carbocycles. The summed E-state index contributed by atoms with van der Waals surface area (Å²) in [6.45, 7) is 3.06. The fourth-order valence-electron chi connectivity index (χ4n) is 2.17. The van der Waals surface area contributed by atoms with Gasteiger partial charge in [0.1, 0.15) is 0 Å². The maximum absolute atomic E-state index is 11.5. The van der Waals surface area contributed by atoms with E-state index >= 15 is 0 Å². The zero-order chi connectivity index (χ0) is 10.9. The van der Waals surface area contributed by atoms with Gasteiger partial charge in [0.2, 0.25) is 0 Å². The molecule has 0 saturated carbocycles. The quantitative estimate of drug-likeness (QED) is 0.840. The van der Waals surface area contributed by atoms with Crippen molar-refractivity contribution < 1.29 is 14.6 Å². The number of rotatable bonds is 2. The molecule has 0 atom stereocenters. The average molecular weight is 226 g/mol. The highest BCUT2D eigenvalue weighted by molar-refractivity contribution is 7.08. The van der Waals surface area contributed by atoms with Crippen molar-refractivity contribution in [3.8, 4) is 0 Å². The van der Waals surface area contributed by atoms with E-state index < -0.39 is 11.4 Å². The molecule has 0 aliphatic carbocycles. The van der Waals surface area contributed by atoms with Crippen LogP contribution < -0.4 is 0 Å². The molecule has 15 heavy (non-hydrogen) atoms. The molecule has 3 nitrogen and oxygen atoms in total. The van der Waals surface area contributed by atoms with Gasteiger partial charge in [-0.25, -0.2) is 0 Å². The van der Waals surface area contributed by atoms with Crippen LogP contribution in [0.25, 0.3) is 0 Å². The molecule has 2 rings (SSSR count). The third-order valence-corrected chi connectivity index (χ3v) is 3.99. The van der Waals surface area contributed by atoms with E-state index in [1.165, 1.54) is 0 Å². The van der Waals surface area contributed by atoms with Gasteiger partial charge in [-0.3, -0.25) is 4.79 Å². The van der Waals surface area contributed by atoms with Gasteiger partial charge in [-0.05, 0) is 41.7 Å². The Bertz CT molecular complexity index is 364. The van der Waals surface area contributed by atoms with Crippen molar-refractivity contribution >= 4 is 17.3 Å². The molecule has 4 heteroatoms. The van der Waals surface area contributed by atoms with Crippen molar-refractivity contribution in [1.82, 2.24) is 0 Å². The lowest BCUT2D eigenvalue weighted by Gasteiger charge is -2.33. The van der Waals surface area contributed by atoms with Crippen LogP contribution in [0.3, 0.4) is 0 Å². The second-order valence-electron chi connectivity index (χ2n) is 3.97. The molecule has 1 N–H and O–H groups in total. The number of aliphatic carboxylic acids is 1. The minimum atomic E-state index is -0.715. The maximum Gasteiger partial charge on any atom is 0.314 e. The Morgan fingerprint density at radius 2 is 2.13 bits per heavy atom. The lowest BCUT2D eigenvalue weighted by atomic mass is 9.74. The highest BCUT2D eigenvalue weighted by Gasteiger charge is 2.43. The first kappa shape index (κ1) is 10.6. The summed E-state index contributed by atoms with van der Waals surface area (Å²) in [6, 6.07) is 0. The summed E-state index contributed by atoms with van der Waals surface area (Å²) in [5.41, 5.74) is 1.36. The van der Waals surface area contributed by atoms with Gasteiger partial charge < -0.3 is 9.84 Å². The van der Waals surface area contributed by atoms with E-state index in [4.69, 9.17) is 4.74 Å². The topological polar surface area (TPSA) is 46.5 Å². The van der Waals surface area contributed by atoms with Crippen molar-refractivity contribution in [2.75, 3.05) is 13.2 Å². The number of hydrogen-bond donors (Lipinski definition) is 1. The molecule has 1 aliphatic heterocycles. The number of carboxylic acid groups (broad SMARTS) is 1. The van der Waals surface area contributed by atoms with Crippen LogP contribution in [0.15, 0.2) is 10.8 Å². The van der Waals surface area contributed by atoms with E-state index in [9.17, 15) is 9.90 Å². The molecule has 1 aliphatic rings. The van der Waals surface area contributed by atoms with Gasteiger partial charge >= 0.3 is 5.97 Å². The Hall–Kier alpha value is -0.870. The van der Waals surface area contributed by atoms with E-state index in [2.05, 4.69) is 0 Å². The summed E-state index contributed by atoms with van der Waals surface area (Å²) in [5, 5.41) is 13.4. The molecule has 0 amide bonds. The summed E-state index contributed by atoms with van der Waals surface area (Å²) in [7, 11) is 0. The monoisotopic (exact) mass is 226 g/mol. The van der Waals surface area contributed by atoms with Gasteiger partial charge in [-0.1, -0.05) is 0 Å². The fraction of sp³-hybridized carbons (Fsp3) is 0.545. The third kappa shape index (κ3) is 1.68. The molecule has 0 radical (unpaired) electrons. The molecular formula is C11H14O3S. The minimum absolute atomic E-state index is 0.543. The van der Waals surface area contributed by atoms with Crippen LogP contribution in [0.1, 0.15) is 24.0 Å². The first-order valence-electron chi connectivity index (χ1n) is 5.01. The molecule has 1 aromatic heterocycles. The highest BCUT2D eigenvalue weighted by atomic mass is 32.1. The molecule has 0 unspecified atom stereocenters. The fourth-order valence-corrected chi connectivity index (χ4v) is 3.12. The van der Waals surface area contributed by atoms with E-state index in [-0.39, 0.29) is 0 Å². The summed E-state index contributed by atoms with van der Waals surface area (Å²) < 4.78 is 5.25. The Morgan fingerprint density at radius 3 is 2.60 bits per heavy atom. The molecule has 1 fully saturated rings. The molecule has 82 valence electrons. The number of thiophene rings is 1. The second-order valence-corrected chi connectivity index (χ2v) is 4.71. The largest absolute Gasteiger partial charge is 0.481 e. The first-order valence-corrected chi connectivity index (χ1v) is 5.95. The van der Waals surface area contributed by atoms with E-state index in [1.807, 2.05) is 17.7 Å². The Morgan fingerprint density at radius 1 is 1.47 bits per heavy atom. The van der Waals surface area contributed by atoms with Crippen LogP contribution in [-0.4, -0.2) is 24.3 Å². The third-order valence-electron chi connectivity index (χ3n) is 3.13. The van der Waals surface area contributed by atoms with Gasteiger partial charge in [0, 0.05) is 13.2 Å². The minimum Gasteiger partial charge on any atom is -0.481 e. The zero-order valence-corrected chi connectivity index (χ0v) is 9.47. The van der Waals surface area contributed by atoms with E-state index in [1.54, 1.807) is 11.3 Å². The Kier molecular flexibility index (Phi) is 2.80. The molecule has 1 saturated heterocycles. The predicted molar refractivity (Wildman–Crippen MR) is 58.4 cm³/mol. The normalized spacial score (nSPS) is 20.1. The number of ether oxygens (including phenoxy) is 1. The predicted octanol–water partition coefficient (Wildman–Crippen LogP) is 2.19. The van der Waals surface area contributed by atoms with Gasteiger partial charge in [0.25, 0.3) is 0 Å². The Labute approximate surface area is 92.7 Å². The summed E-state index contributed by atoms with van der Waals surface area (Å²) in [5.74, 6) is -0.715. The number of carbonyl (C=O) groups is 1. The second kappa shape index (κ2) is 3.94. The first-order chi connectivity index (χ1) is 7.17. The van der Waals surface area contributed by atoms with Crippen LogP contribution in [0, 0.1) is 6.92 Å². The number of aryl methyl sites for hydroxylation is 1. The molecule has 0 bridgehead atoms. The van der Waals surface area contributed by atoms with Crippen molar-refractivity contribution in [3.63, 3.8) is 0 Å². The van der Waals surface area contributed by atoms with Gasteiger partial charge in [-0.2, -0.15) is 11.3 Å². The van der Waals surface area contributed by atoms with Gasteiger partial charge in [-0.15, -0.1) is 0 Å². The smallest absolute Gasteiger partial charge is 0.314 e. The number of hydrogen-bond acceptors (Lipinski definition) is 3. The van der Waals surface area contributed by atoms with Crippen LogP contribution >= 0.6 is 11.3 Å².